The minimum Gasteiger partial charge on any atom is -0.308 e. The smallest absolute Gasteiger partial charge is 0.262 e. The first-order valence-corrected chi connectivity index (χ1v) is 8.53. The van der Waals surface area contributed by atoms with Crippen LogP contribution in [0, 0.1) is 0 Å². The van der Waals surface area contributed by atoms with Gasteiger partial charge in [0.25, 0.3) is 5.91 Å². The van der Waals surface area contributed by atoms with Gasteiger partial charge in [-0.25, -0.2) is 4.68 Å². The van der Waals surface area contributed by atoms with E-state index in [0.717, 1.165) is 5.69 Å². The molecule has 3 aromatic heterocycles. The highest BCUT2D eigenvalue weighted by Gasteiger charge is 2.20. The van der Waals surface area contributed by atoms with Crippen molar-refractivity contribution in [2.45, 2.75) is 0 Å². The molecule has 0 fully saturated rings. The lowest BCUT2D eigenvalue weighted by molar-refractivity contribution is 0.102. The highest BCUT2D eigenvalue weighted by Crippen LogP contribution is 2.22. The third-order valence-corrected chi connectivity index (χ3v) is 4.35. The Labute approximate surface area is 151 Å². The Kier molecular flexibility index (Phi) is 4.04. The maximum absolute atomic E-state index is 12.7. The first-order chi connectivity index (χ1) is 12.2. The second-order valence-electron chi connectivity index (χ2n) is 5.06. The number of carbonyl (C=O) groups is 1. The molecule has 0 aliphatic heterocycles. The molecular weight excluding hydrogens is 360 g/mol. The molecular formula is C16H11ClN6OS. The number of carbonyl (C=O) groups excluding carboxylic acids is 1. The fourth-order valence-corrected chi connectivity index (χ4v) is 2.96. The Hall–Kier alpha value is -2.97. The van der Waals surface area contributed by atoms with Gasteiger partial charge in [-0.15, -0.1) is 10.2 Å². The molecule has 0 radical (unpaired) electrons. The summed E-state index contributed by atoms with van der Waals surface area (Å²) < 4.78 is 3.52. The van der Waals surface area contributed by atoms with E-state index in [1.807, 2.05) is 41.2 Å². The second-order valence-corrected chi connectivity index (χ2v) is 6.33. The van der Waals surface area contributed by atoms with Gasteiger partial charge in [0.2, 0.25) is 5.13 Å². The van der Waals surface area contributed by atoms with E-state index in [-0.39, 0.29) is 5.91 Å². The van der Waals surface area contributed by atoms with E-state index >= 15 is 0 Å². The summed E-state index contributed by atoms with van der Waals surface area (Å²) in [6.45, 7) is 0. The van der Waals surface area contributed by atoms with E-state index < -0.39 is 0 Å². The Morgan fingerprint density at radius 3 is 2.60 bits per heavy atom. The van der Waals surface area contributed by atoms with Gasteiger partial charge >= 0.3 is 0 Å². The highest BCUT2D eigenvalue weighted by atomic mass is 35.5. The summed E-state index contributed by atoms with van der Waals surface area (Å²) in [5, 5.41) is 15.7. The van der Waals surface area contributed by atoms with Crippen molar-refractivity contribution in [2.24, 2.45) is 0 Å². The molecule has 1 N–H and O–H groups in total. The largest absolute Gasteiger partial charge is 0.308 e. The fourth-order valence-electron chi connectivity index (χ4n) is 2.39. The number of benzene rings is 1. The van der Waals surface area contributed by atoms with Crippen molar-refractivity contribution in [1.82, 2.24) is 24.5 Å². The van der Waals surface area contributed by atoms with Crippen LogP contribution in [0.3, 0.4) is 0 Å². The Bertz CT molecular complexity index is 992. The summed E-state index contributed by atoms with van der Waals surface area (Å²) in [5.41, 5.74) is 2.77. The zero-order chi connectivity index (χ0) is 17.2. The first-order valence-electron chi connectivity index (χ1n) is 7.27. The molecule has 0 saturated heterocycles. The summed E-state index contributed by atoms with van der Waals surface area (Å²) in [5.74, 6) is 0.315. The third-order valence-electron chi connectivity index (χ3n) is 3.49. The van der Waals surface area contributed by atoms with Crippen LogP contribution < -0.4 is 5.32 Å². The molecule has 124 valence electrons. The van der Waals surface area contributed by atoms with Crippen molar-refractivity contribution >= 4 is 34.0 Å². The van der Waals surface area contributed by atoms with Crippen molar-refractivity contribution in [1.29, 1.82) is 0 Å². The zero-order valence-corrected chi connectivity index (χ0v) is 14.3. The van der Waals surface area contributed by atoms with Crippen molar-refractivity contribution in [3.63, 3.8) is 0 Å². The van der Waals surface area contributed by atoms with Crippen LogP contribution in [0.25, 0.3) is 11.5 Å². The van der Waals surface area contributed by atoms with Crippen molar-refractivity contribution in [2.75, 3.05) is 5.32 Å². The minimum absolute atomic E-state index is 0.305. The molecule has 0 spiro atoms. The summed E-state index contributed by atoms with van der Waals surface area (Å²) in [4.78, 5) is 12.7. The number of nitrogens with zero attached hydrogens (tertiary/aromatic N) is 5. The van der Waals surface area contributed by atoms with Gasteiger partial charge in [0.15, 0.2) is 5.82 Å². The fraction of sp³-hybridized carbons (Fsp3) is 0. The van der Waals surface area contributed by atoms with Crippen molar-refractivity contribution in [3.05, 3.63) is 71.1 Å². The Morgan fingerprint density at radius 1 is 1.16 bits per heavy atom. The van der Waals surface area contributed by atoms with E-state index in [0.29, 0.717) is 21.5 Å². The Morgan fingerprint density at radius 2 is 1.92 bits per heavy atom. The van der Waals surface area contributed by atoms with E-state index in [1.54, 1.807) is 22.3 Å². The third kappa shape index (κ3) is 3.04. The number of hydrogen-bond acceptors (Lipinski definition) is 5. The average molecular weight is 371 g/mol. The number of nitrogens with one attached hydrogen (secondary N) is 1. The molecule has 3 heterocycles. The van der Waals surface area contributed by atoms with Gasteiger partial charge in [-0.05, 0) is 36.4 Å². The van der Waals surface area contributed by atoms with Gasteiger partial charge < -0.3 is 4.57 Å². The van der Waals surface area contributed by atoms with Crippen LogP contribution in [0.15, 0.2) is 60.5 Å². The van der Waals surface area contributed by atoms with Crippen molar-refractivity contribution < 1.29 is 4.79 Å². The lowest BCUT2D eigenvalue weighted by Crippen LogP contribution is -2.15. The molecule has 25 heavy (non-hydrogen) atoms. The van der Waals surface area contributed by atoms with Crippen LogP contribution in [-0.4, -0.2) is 30.5 Å². The van der Waals surface area contributed by atoms with Crippen LogP contribution >= 0.6 is 22.9 Å². The average Bonchev–Trinajstić information content (AvgIpc) is 3.36. The molecule has 9 heteroatoms. The summed E-state index contributed by atoms with van der Waals surface area (Å²) in [6, 6.07) is 11.0. The second kappa shape index (κ2) is 6.50. The zero-order valence-electron chi connectivity index (χ0n) is 12.7. The molecule has 0 unspecified atom stereocenters. The van der Waals surface area contributed by atoms with Gasteiger partial charge in [-0.2, -0.15) is 5.10 Å². The number of amides is 1. The molecule has 7 nitrogen and oxygen atoms in total. The van der Waals surface area contributed by atoms with Gasteiger partial charge in [0.1, 0.15) is 11.1 Å². The molecule has 0 aliphatic rings. The topological polar surface area (TPSA) is 77.6 Å². The molecule has 4 aromatic rings. The highest BCUT2D eigenvalue weighted by molar-refractivity contribution is 7.13. The van der Waals surface area contributed by atoms with E-state index in [1.165, 1.54) is 17.5 Å². The van der Waals surface area contributed by atoms with Crippen molar-refractivity contribution in [3.8, 4) is 11.5 Å². The number of anilines is 1. The molecule has 1 aromatic carbocycles. The maximum Gasteiger partial charge on any atom is 0.262 e. The number of halogens is 1. The summed E-state index contributed by atoms with van der Waals surface area (Å²) >= 11 is 7.21. The molecule has 1 amide bonds. The number of hydrogen-bond donors (Lipinski definition) is 1. The lowest BCUT2D eigenvalue weighted by atomic mass is 10.3. The van der Waals surface area contributed by atoms with Gasteiger partial charge in [-0.3, -0.25) is 10.1 Å². The van der Waals surface area contributed by atoms with Crippen LogP contribution in [0.2, 0.25) is 5.02 Å². The standard InChI is InChI=1S/C16H11ClN6OS/c17-11-3-5-12(6-4-11)23-15(22-7-1-2-8-22)13(9-19-23)14(24)20-16-21-18-10-25-16/h1-10H,(H,20,21,24). The number of aromatic nitrogens is 5. The van der Waals surface area contributed by atoms with E-state index in [9.17, 15) is 4.79 Å². The molecule has 0 bridgehead atoms. The van der Waals surface area contributed by atoms with Crippen LogP contribution in [0.4, 0.5) is 5.13 Å². The van der Waals surface area contributed by atoms with E-state index in [4.69, 9.17) is 11.6 Å². The summed E-state index contributed by atoms with van der Waals surface area (Å²) in [7, 11) is 0. The van der Waals surface area contributed by atoms with Gasteiger partial charge in [-0.1, -0.05) is 22.9 Å². The predicted octanol–water partition coefficient (Wildman–Crippen LogP) is 3.42. The molecule has 4 rings (SSSR count). The molecule has 0 saturated carbocycles. The van der Waals surface area contributed by atoms with E-state index in [2.05, 4.69) is 20.6 Å². The van der Waals surface area contributed by atoms with Crippen LogP contribution in [0.5, 0.6) is 0 Å². The van der Waals surface area contributed by atoms with Gasteiger partial charge in [0, 0.05) is 17.4 Å². The SMILES string of the molecule is O=C(Nc1nncs1)c1cnn(-c2ccc(Cl)cc2)c1-n1cccc1. The predicted molar refractivity (Wildman–Crippen MR) is 95.8 cm³/mol. The minimum atomic E-state index is -0.305. The van der Waals surface area contributed by atoms with Crippen LogP contribution in [-0.2, 0) is 0 Å². The molecule has 0 atom stereocenters. The monoisotopic (exact) mass is 370 g/mol. The number of rotatable bonds is 4. The normalized spacial score (nSPS) is 10.8. The van der Waals surface area contributed by atoms with Gasteiger partial charge in [0.05, 0.1) is 11.9 Å². The lowest BCUT2D eigenvalue weighted by Gasteiger charge is -2.10. The van der Waals surface area contributed by atoms with Crippen LogP contribution in [0.1, 0.15) is 10.4 Å². The molecule has 0 aliphatic carbocycles. The summed E-state index contributed by atoms with van der Waals surface area (Å²) in [6.07, 6.45) is 5.23. The first kappa shape index (κ1) is 15.6. The maximum atomic E-state index is 12.7. The quantitative estimate of drug-likeness (QED) is 0.597. The Balaban J connectivity index is 1.79.